The Morgan fingerprint density at radius 1 is 0.862 bits per heavy atom. The second-order valence-electron chi connectivity index (χ2n) is 6.96. The van der Waals surface area contributed by atoms with Gasteiger partial charge in [-0.15, -0.1) is 0 Å². The highest BCUT2D eigenvalue weighted by atomic mass is 16.5. The molecular weight excluding hydrogens is 376 g/mol. The molecule has 29 heavy (non-hydrogen) atoms. The Morgan fingerprint density at radius 3 is 2.24 bits per heavy atom. The number of benzene rings is 3. The maximum Gasteiger partial charge on any atom is 0.335 e. The van der Waals surface area contributed by atoms with Gasteiger partial charge in [-0.05, 0) is 47.9 Å². The number of fused-ring (bicyclic) bond motifs is 1. The number of ether oxygens (including phenoxy) is 1. The maximum atomic E-state index is 11.8. The number of aromatic hydroxyl groups is 4. The lowest BCUT2D eigenvalue weighted by Crippen LogP contribution is -2.26. The molecule has 0 aromatic heterocycles. The van der Waals surface area contributed by atoms with Gasteiger partial charge in [0.05, 0.1) is 5.56 Å². The van der Waals surface area contributed by atoms with E-state index in [1.165, 1.54) is 42.5 Å². The lowest BCUT2D eigenvalue weighted by atomic mass is 9.80. The van der Waals surface area contributed by atoms with E-state index in [1.807, 2.05) is 0 Å². The third-order valence-corrected chi connectivity index (χ3v) is 5.10. The molecule has 7 heteroatoms. The molecule has 148 valence electrons. The first-order valence-corrected chi connectivity index (χ1v) is 8.90. The van der Waals surface area contributed by atoms with E-state index in [4.69, 9.17) is 4.74 Å². The molecule has 0 bridgehead atoms. The first kappa shape index (κ1) is 18.5. The molecule has 4 rings (SSSR count). The molecule has 0 unspecified atom stereocenters. The van der Waals surface area contributed by atoms with Crippen molar-refractivity contribution in [1.82, 2.24) is 0 Å². The van der Waals surface area contributed by atoms with Crippen molar-refractivity contribution in [3.63, 3.8) is 0 Å². The van der Waals surface area contributed by atoms with Gasteiger partial charge in [0.25, 0.3) is 0 Å². The third-order valence-electron chi connectivity index (χ3n) is 5.10. The molecule has 5 N–H and O–H groups in total. The molecule has 0 amide bonds. The second-order valence-corrected chi connectivity index (χ2v) is 6.96. The third kappa shape index (κ3) is 3.38. The lowest BCUT2D eigenvalue weighted by molar-refractivity contribution is 0.0692. The van der Waals surface area contributed by atoms with Crippen LogP contribution in [-0.2, 0) is 6.42 Å². The molecule has 1 heterocycles. The smallest absolute Gasteiger partial charge is 0.335 e. The Kier molecular flexibility index (Phi) is 4.43. The summed E-state index contributed by atoms with van der Waals surface area (Å²) in [6.07, 6.45) is -0.458. The monoisotopic (exact) mass is 394 g/mol. The van der Waals surface area contributed by atoms with E-state index in [0.29, 0.717) is 16.7 Å². The molecule has 3 aromatic carbocycles. The van der Waals surface area contributed by atoms with E-state index in [1.54, 1.807) is 12.1 Å². The molecule has 1 aliphatic rings. The van der Waals surface area contributed by atoms with Crippen LogP contribution >= 0.6 is 0 Å². The number of hydrogen-bond donors (Lipinski definition) is 5. The van der Waals surface area contributed by atoms with Crippen molar-refractivity contribution < 1.29 is 35.1 Å². The summed E-state index contributed by atoms with van der Waals surface area (Å²) in [5.41, 5.74) is 1.47. The van der Waals surface area contributed by atoms with E-state index in [-0.39, 0.29) is 40.7 Å². The second kappa shape index (κ2) is 6.94. The topological polar surface area (TPSA) is 127 Å². The first-order chi connectivity index (χ1) is 13.8. The van der Waals surface area contributed by atoms with Crippen molar-refractivity contribution in [1.29, 1.82) is 0 Å². The van der Waals surface area contributed by atoms with E-state index in [0.717, 1.165) is 0 Å². The molecule has 2 atom stereocenters. The lowest BCUT2D eigenvalue weighted by Gasteiger charge is -2.35. The summed E-state index contributed by atoms with van der Waals surface area (Å²) in [5, 5.41) is 49.3. The zero-order valence-corrected chi connectivity index (χ0v) is 15.1. The van der Waals surface area contributed by atoms with Gasteiger partial charge in [0.1, 0.15) is 34.9 Å². The van der Waals surface area contributed by atoms with Crippen LogP contribution in [0.3, 0.4) is 0 Å². The number of phenolic OH excluding ortho intramolecular Hbond substituents is 4. The van der Waals surface area contributed by atoms with Crippen molar-refractivity contribution in [2.75, 3.05) is 0 Å². The van der Waals surface area contributed by atoms with Gasteiger partial charge in [0, 0.05) is 23.6 Å². The number of carboxylic acid groups (broad SMARTS) is 1. The molecule has 0 fully saturated rings. The number of carbonyl (C=O) groups is 1. The predicted molar refractivity (Wildman–Crippen MR) is 103 cm³/mol. The molecular formula is C22H18O7. The molecule has 7 nitrogen and oxygen atoms in total. The SMILES string of the molecule is O=C(O)c1ccc(O)cc1[C@@H]1Cc2c(O)cc(O)cc2O[C@H]1c1ccc(O)cc1. The van der Waals surface area contributed by atoms with Crippen LogP contribution in [0.1, 0.15) is 39.1 Å². The Morgan fingerprint density at radius 2 is 1.55 bits per heavy atom. The van der Waals surface area contributed by atoms with E-state index < -0.39 is 18.0 Å². The van der Waals surface area contributed by atoms with Crippen molar-refractivity contribution in [2.24, 2.45) is 0 Å². The van der Waals surface area contributed by atoms with Gasteiger partial charge in [-0.25, -0.2) is 4.79 Å². The van der Waals surface area contributed by atoms with Crippen molar-refractivity contribution >= 4 is 5.97 Å². The molecule has 0 saturated heterocycles. The Bertz CT molecular complexity index is 1090. The Balaban J connectivity index is 1.90. The van der Waals surface area contributed by atoms with Crippen LogP contribution in [0.25, 0.3) is 0 Å². The largest absolute Gasteiger partial charge is 0.508 e. The van der Waals surface area contributed by atoms with Crippen LogP contribution in [0, 0.1) is 0 Å². The van der Waals surface area contributed by atoms with Crippen molar-refractivity contribution in [3.8, 4) is 28.7 Å². The number of aromatic carboxylic acids is 1. The Hall–Kier alpha value is -3.87. The van der Waals surface area contributed by atoms with Gasteiger partial charge in [-0.3, -0.25) is 0 Å². The maximum absolute atomic E-state index is 11.8. The highest BCUT2D eigenvalue weighted by Crippen LogP contribution is 2.49. The molecule has 0 spiro atoms. The van der Waals surface area contributed by atoms with Crippen LogP contribution in [0.2, 0.25) is 0 Å². The fourth-order valence-corrected chi connectivity index (χ4v) is 3.76. The molecule has 3 aromatic rings. The van der Waals surface area contributed by atoms with Crippen molar-refractivity contribution in [3.05, 3.63) is 76.9 Å². The van der Waals surface area contributed by atoms with Crippen LogP contribution in [0.15, 0.2) is 54.6 Å². The predicted octanol–water partition coefficient (Wildman–Crippen LogP) is 3.67. The van der Waals surface area contributed by atoms with Crippen molar-refractivity contribution in [2.45, 2.75) is 18.4 Å². The van der Waals surface area contributed by atoms with Crippen LogP contribution in [-0.4, -0.2) is 31.5 Å². The minimum Gasteiger partial charge on any atom is -0.508 e. The summed E-state index contributed by atoms with van der Waals surface area (Å²) in [4.78, 5) is 11.8. The van der Waals surface area contributed by atoms with Gasteiger partial charge < -0.3 is 30.3 Å². The Labute approximate surface area is 165 Å². The first-order valence-electron chi connectivity index (χ1n) is 8.90. The fourth-order valence-electron chi connectivity index (χ4n) is 3.76. The number of phenols is 4. The standard InChI is InChI=1S/C22H18O7/c23-12-3-1-11(2-4-12)21-17(16-7-13(24)5-6-15(16)22(27)28)10-18-19(26)8-14(25)9-20(18)29-21/h1-9,17,21,23-26H,10H2,(H,27,28)/t17-,21-/m0/s1. The molecule has 0 aliphatic carbocycles. The van der Waals surface area contributed by atoms with Crippen LogP contribution in [0.4, 0.5) is 0 Å². The zero-order valence-electron chi connectivity index (χ0n) is 15.1. The zero-order chi connectivity index (χ0) is 20.7. The number of rotatable bonds is 3. The van der Waals surface area contributed by atoms with Crippen LogP contribution < -0.4 is 4.74 Å². The highest BCUT2D eigenvalue weighted by Gasteiger charge is 2.36. The average molecular weight is 394 g/mol. The highest BCUT2D eigenvalue weighted by molar-refractivity contribution is 5.90. The minimum absolute atomic E-state index is 0.0156. The summed E-state index contributed by atoms with van der Waals surface area (Å²) in [7, 11) is 0. The molecule has 0 saturated carbocycles. The van der Waals surface area contributed by atoms with Gasteiger partial charge in [0.2, 0.25) is 0 Å². The van der Waals surface area contributed by atoms with Gasteiger partial charge in [0.15, 0.2) is 0 Å². The number of carboxylic acids is 1. The minimum atomic E-state index is -1.15. The molecule has 0 radical (unpaired) electrons. The summed E-state index contributed by atoms with van der Waals surface area (Å²) in [6.45, 7) is 0. The van der Waals surface area contributed by atoms with Gasteiger partial charge >= 0.3 is 5.97 Å². The quantitative estimate of drug-likeness (QED) is 0.459. The number of hydrogen-bond acceptors (Lipinski definition) is 6. The summed E-state index contributed by atoms with van der Waals surface area (Å²) in [6, 6.07) is 12.9. The normalized spacial score (nSPS) is 17.9. The summed E-state index contributed by atoms with van der Waals surface area (Å²) in [5.74, 6) is -1.76. The van der Waals surface area contributed by atoms with E-state index in [9.17, 15) is 30.3 Å². The van der Waals surface area contributed by atoms with E-state index >= 15 is 0 Å². The van der Waals surface area contributed by atoms with E-state index in [2.05, 4.69) is 0 Å². The van der Waals surface area contributed by atoms with Crippen LogP contribution in [0.5, 0.6) is 28.7 Å². The van der Waals surface area contributed by atoms with Gasteiger partial charge in [-0.1, -0.05) is 12.1 Å². The fraction of sp³-hybridized carbons (Fsp3) is 0.136. The summed E-state index contributed by atoms with van der Waals surface area (Å²) >= 11 is 0. The molecule has 1 aliphatic heterocycles. The summed E-state index contributed by atoms with van der Waals surface area (Å²) < 4.78 is 6.08. The van der Waals surface area contributed by atoms with Gasteiger partial charge in [-0.2, -0.15) is 0 Å². The average Bonchev–Trinajstić information content (AvgIpc) is 2.67.